The van der Waals surface area contributed by atoms with Gasteiger partial charge in [-0.05, 0) is 56.0 Å². The number of benzene rings is 1. The third-order valence-corrected chi connectivity index (χ3v) is 4.86. The molecule has 0 N–H and O–H groups in total. The molecule has 3 heterocycles. The molecule has 0 aliphatic carbocycles. The predicted octanol–water partition coefficient (Wildman–Crippen LogP) is 2.99. The summed E-state index contributed by atoms with van der Waals surface area (Å²) >= 11 is 0. The maximum atomic E-state index is 12.8. The zero-order valence-corrected chi connectivity index (χ0v) is 14.9. The Balaban J connectivity index is 1.62. The molecule has 1 aliphatic heterocycles. The minimum Gasteiger partial charge on any atom is -0.494 e. The second-order valence-corrected chi connectivity index (χ2v) is 6.63. The van der Waals surface area contributed by atoms with E-state index < -0.39 is 0 Å². The molecule has 0 saturated carbocycles. The normalized spacial score (nSPS) is 15.4. The number of ether oxygens (including phenoxy) is 2. The quantitative estimate of drug-likeness (QED) is 0.708. The maximum absolute atomic E-state index is 12.8. The first-order valence-electron chi connectivity index (χ1n) is 9.14. The fraction of sp³-hybridized carbons (Fsp3) is 0.400. The van der Waals surface area contributed by atoms with Crippen LogP contribution >= 0.6 is 0 Å². The lowest BCUT2D eigenvalue weighted by atomic mass is 10.0. The Bertz CT molecular complexity index is 937. The summed E-state index contributed by atoms with van der Waals surface area (Å²) in [6.45, 7) is 4.91. The molecule has 4 rings (SSSR count). The fourth-order valence-corrected chi connectivity index (χ4v) is 3.41. The molecule has 1 fully saturated rings. The van der Waals surface area contributed by atoms with Crippen LogP contribution in [-0.4, -0.2) is 34.0 Å². The van der Waals surface area contributed by atoms with E-state index in [0.29, 0.717) is 18.0 Å². The lowest BCUT2D eigenvalue weighted by molar-refractivity contribution is 0.0609. The Hall–Kier alpha value is -2.60. The monoisotopic (exact) mass is 353 g/mol. The Kier molecular flexibility index (Phi) is 4.75. The molecule has 26 heavy (non-hydrogen) atoms. The van der Waals surface area contributed by atoms with Crippen molar-refractivity contribution in [2.24, 2.45) is 5.92 Å². The van der Waals surface area contributed by atoms with Crippen LogP contribution in [0.4, 0.5) is 0 Å². The zero-order chi connectivity index (χ0) is 17.9. The summed E-state index contributed by atoms with van der Waals surface area (Å²) < 4.78 is 14.3. The molecule has 0 radical (unpaired) electrons. The highest BCUT2D eigenvalue weighted by Gasteiger charge is 2.16. The first-order valence-corrected chi connectivity index (χ1v) is 9.14. The van der Waals surface area contributed by atoms with Gasteiger partial charge in [-0.1, -0.05) is 0 Å². The maximum Gasteiger partial charge on any atom is 0.276 e. The van der Waals surface area contributed by atoms with E-state index in [1.54, 1.807) is 9.08 Å². The second-order valence-electron chi connectivity index (χ2n) is 6.63. The van der Waals surface area contributed by atoms with Gasteiger partial charge in [-0.2, -0.15) is 5.10 Å². The Morgan fingerprint density at radius 2 is 1.96 bits per heavy atom. The predicted molar refractivity (Wildman–Crippen MR) is 99.6 cm³/mol. The van der Waals surface area contributed by atoms with Crippen molar-refractivity contribution in [1.82, 2.24) is 14.2 Å². The Morgan fingerprint density at radius 3 is 2.69 bits per heavy atom. The minimum atomic E-state index is 0.00341. The molecule has 2 aromatic heterocycles. The molecule has 0 spiro atoms. The number of hydrogen-bond donors (Lipinski definition) is 0. The van der Waals surface area contributed by atoms with Gasteiger partial charge in [0, 0.05) is 37.7 Å². The standard InChI is InChI=1S/C20H23N3O3/c1-2-26-17-5-3-16(4-6-17)18-13-19-20(24)22(9-10-23(19)21-18)14-15-7-11-25-12-8-15/h3-6,9-10,13,15H,2,7-8,11-12,14H2,1H3. The Labute approximate surface area is 152 Å². The largest absolute Gasteiger partial charge is 0.494 e. The molecule has 0 unspecified atom stereocenters. The van der Waals surface area contributed by atoms with E-state index in [-0.39, 0.29) is 5.56 Å². The molecule has 0 atom stereocenters. The van der Waals surface area contributed by atoms with Gasteiger partial charge >= 0.3 is 0 Å². The van der Waals surface area contributed by atoms with Crippen molar-refractivity contribution in [3.8, 4) is 17.0 Å². The van der Waals surface area contributed by atoms with Crippen LogP contribution in [0.1, 0.15) is 19.8 Å². The van der Waals surface area contributed by atoms with Crippen LogP contribution in [-0.2, 0) is 11.3 Å². The van der Waals surface area contributed by atoms with Gasteiger partial charge in [-0.15, -0.1) is 0 Å². The van der Waals surface area contributed by atoms with Crippen LogP contribution in [0.5, 0.6) is 5.75 Å². The van der Waals surface area contributed by atoms with Gasteiger partial charge in [-0.3, -0.25) is 4.79 Å². The van der Waals surface area contributed by atoms with Crippen molar-refractivity contribution in [2.75, 3.05) is 19.8 Å². The summed E-state index contributed by atoms with van der Waals surface area (Å²) in [6, 6.07) is 9.64. The molecule has 6 heteroatoms. The molecule has 3 aromatic rings. The molecule has 1 saturated heterocycles. The summed E-state index contributed by atoms with van der Waals surface area (Å²) in [7, 11) is 0. The summed E-state index contributed by atoms with van der Waals surface area (Å²) in [4.78, 5) is 12.8. The fourth-order valence-electron chi connectivity index (χ4n) is 3.41. The lowest BCUT2D eigenvalue weighted by Crippen LogP contribution is -2.27. The van der Waals surface area contributed by atoms with Crippen molar-refractivity contribution < 1.29 is 9.47 Å². The Morgan fingerprint density at radius 1 is 1.19 bits per heavy atom. The van der Waals surface area contributed by atoms with Crippen LogP contribution in [0.3, 0.4) is 0 Å². The molecule has 0 bridgehead atoms. The van der Waals surface area contributed by atoms with E-state index >= 15 is 0 Å². The van der Waals surface area contributed by atoms with Crippen LogP contribution in [0.2, 0.25) is 0 Å². The molecular formula is C20H23N3O3. The summed E-state index contributed by atoms with van der Waals surface area (Å²) in [5.74, 6) is 1.33. The van der Waals surface area contributed by atoms with Crippen LogP contribution in [0.15, 0.2) is 47.5 Å². The summed E-state index contributed by atoms with van der Waals surface area (Å²) in [5.41, 5.74) is 2.36. The zero-order valence-electron chi connectivity index (χ0n) is 14.9. The van der Waals surface area contributed by atoms with E-state index in [9.17, 15) is 4.79 Å². The highest BCUT2D eigenvalue weighted by Crippen LogP contribution is 2.22. The molecule has 1 aromatic carbocycles. The van der Waals surface area contributed by atoms with E-state index in [0.717, 1.165) is 49.6 Å². The van der Waals surface area contributed by atoms with E-state index in [1.165, 1.54) is 0 Å². The molecular weight excluding hydrogens is 330 g/mol. The first-order chi connectivity index (χ1) is 12.7. The van der Waals surface area contributed by atoms with Crippen molar-refractivity contribution in [1.29, 1.82) is 0 Å². The van der Waals surface area contributed by atoms with Crippen LogP contribution in [0, 0.1) is 5.92 Å². The topological polar surface area (TPSA) is 57.8 Å². The van der Waals surface area contributed by atoms with E-state index in [2.05, 4.69) is 5.10 Å². The van der Waals surface area contributed by atoms with Gasteiger partial charge in [0.15, 0.2) is 0 Å². The molecule has 1 aliphatic rings. The number of hydrogen-bond acceptors (Lipinski definition) is 4. The van der Waals surface area contributed by atoms with Crippen LogP contribution < -0.4 is 10.3 Å². The van der Waals surface area contributed by atoms with Crippen molar-refractivity contribution >= 4 is 5.52 Å². The smallest absolute Gasteiger partial charge is 0.276 e. The first kappa shape index (κ1) is 16.8. The molecule has 136 valence electrons. The highest BCUT2D eigenvalue weighted by atomic mass is 16.5. The van der Waals surface area contributed by atoms with Crippen molar-refractivity contribution in [2.45, 2.75) is 26.3 Å². The summed E-state index contributed by atoms with van der Waals surface area (Å²) in [6.07, 6.45) is 5.70. The number of aromatic nitrogens is 3. The third kappa shape index (κ3) is 3.37. The lowest BCUT2D eigenvalue weighted by Gasteiger charge is -2.22. The average Bonchev–Trinajstić information content (AvgIpc) is 3.11. The van der Waals surface area contributed by atoms with E-state index in [1.807, 2.05) is 49.6 Å². The van der Waals surface area contributed by atoms with Gasteiger partial charge in [0.2, 0.25) is 0 Å². The third-order valence-electron chi connectivity index (χ3n) is 4.86. The van der Waals surface area contributed by atoms with Gasteiger partial charge in [0.25, 0.3) is 5.56 Å². The van der Waals surface area contributed by atoms with Crippen molar-refractivity contribution in [3.63, 3.8) is 0 Å². The number of rotatable bonds is 5. The molecule has 0 amide bonds. The van der Waals surface area contributed by atoms with Crippen molar-refractivity contribution in [3.05, 3.63) is 53.1 Å². The molecule has 6 nitrogen and oxygen atoms in total. The second kappa shape index (κ2) is 7.33. The number of fused-ring (bicyclic) bond motifs is 1. The van der Waals surface area contributed by atoms with Gasteiger partial charge in [-0.25, -0.2) is 4.52 Å². The SMILES string of the molecule is CCOc1ccc(-c2cc3c(=O)n(CC4CCOCC4)ccn3n2)cc1. The average molecular weight is 353 g/mol. The van der Waals surface area contributed by atoms with Crippen LogP contribution in [0.25, 0.3) is 16.8 Å². The van der Waals surface area contributed by atoms with Gasteiger partial charge in [0.05, 0.1) is 12.3 Å². The van der Waals surface area contributed by atoms with E-state index in [4.69, 9.17) is 9.47 Å². The minimum absolute atomic E-state index is 0.00341. The number of nitrogens with zero attached hydrogens (tertiary/aromatic N) is 3. The summed E-state index contributed by atoms with van der Waals surface area (Å²) in [5, 5.41) is 4.55. The van der Waals surface area contributed by atoms with Gasteiger partial charge < -0.3 is 14.0 Å². The highest BCUT2D eigenvalue weighted by molar-refractivity contribution is 5.66. The van der Waals surface area contributed by atoms with Gasteiger partial charge in [0.1, 0.15) is 11.3 Å².